The van der Waals surface area contributed by atoms with Gasteiger partial charge < -0.3 is 10.6 Å². The predicted molar refractivity (Wildman–Crippen MR) is 81.6 cm³/mol. The van der Waals surface area contributed by atoms with E-state index in [1.165, 1.54) is 11.0 Å². The van der Waals surface area contributed by atoms with E-state index in [9.17, 15) is 13.2 Å². The second kappa shape index (κ2) is 5.75. The number of anilines is 1. The van der Waals surface area contributed by atoms with E-state index >= 15 is 0 Å². The van der Waals surface area contributed by atoms with Gasteiger partial charge in [-0.05, 0) is 29.7 Å². The minimum Gasteiger partial charge on any atom is -0.326 e. The zero-order valence-corrected chi connectivity index (χ0v) is 13.3. The van der Waals surface area contributed by atoms with Gasteiger partial charge in [-0.3, -0.25) is 4.79 Å². The normalized spacial score (nSPS) is 16.4. The molecule has 7 heteroatoms. The summed E-state index contributed by atoms with van der Waals surface area (Å²) in [7, 11) is -1.92. The SMILES string of the molecule is CC(C)C(N)CNS(=O)(=O)c1ccc2c(c1)CC(=O)N2C. The van der Waals surface area contributed by atoms with Gasteiger partial charge in [0.2, 0.25) is 15.9 Å². The van der Waals surface area contributed by atoms with Crippen LogP contribution in [0.3, 0.4) is 0 Å². The summed E-state index contributed by atoms with van der Waals surface area (Å²) < 4.78 is 27.0. The van der Waals surface area contributed by atoms with Crippen LogP contribution >= 0.6 is 0 Å². The Morgan fingerprint density at radius 1 is 1.38 bits per heavy atom. The number of rotatable bonds is 5. The highest BCUT2D eigenvalue weighted by Crippen LogP contribution is 2.29. The largest absolute Gasteiger partial charge is 0.326 e. The van der Waals surface area contributed by atoms with Crippen LogP contribution in [0.2, 0.25) is 0 Å². The van der Waals surface area contributed by atoms with Crippen molar-refractivity contribution in [1.29, 1.82) is 0 Å². The Morgan fingerprint density at radius 3 is 2.67 bits per heavy atom. The van der Waals surface area contributed by atoms with Crippen molar-refractivity contribution in [2.75, 3.05) is 18.5 Å². The highest BCUT2D eigenvalue weighted by atomic mass is 32.2. The van der Waals surface area contributed by atoms with Gasteiger partial charge in [0.1, 0.15) is 0 Å². The second-order valence-corrected chi connectivity index (χ2v) is 7.45. The van der Waals surface area contributed by atoms with Gasteiger partial charge in [-0.1, -0.05) is 13.8 Å². The zero-order valence-electron chi connectivity index (χ0n) is 12.5. The van der Waals surface area contributed by atoms with Gasteiger partial charge in [0, 0.05) is 25.3 Å². The van der Waals surface area contributed by atoms with E-state index in [1.807, 2.05) is 13.8 Å². The van der Waals surface area contributed by atoms with Crippen LogP contribution in [0.1, 0.15) is 19.4 Å². The third kappa shape index (κ3) is 3.25. The maximum absolute atomic E-state index is 12.3. The minimum absolute atomic E-state index is 0.0330. The summed E-state index contributed by atoms with van der Waals surface area (Å²) in [5, 5.41) is 0. The standard InChI is InChI=1S/C14H21N3O3S/c1-9(2)12(15)8-16-21(19,20)11-4-5-13-10(6-11)7-14(18)17(13)3/h4-6,9,12,16H,7-8,15H2,1-3H3. The van der Waals surface area contributed by atoms with Crippen molar-refractivity contribution < 1.29 is 13.2 Å². The summed E-state index contributed by atoms with van der Waals surface area (Å²) in [4.78, 5) is 13.3. The molecule has 1 unspecified atom stereocenters. The Balaban J connectivity index is 2.19. The van der Waals surface area contributed by atoms with Gasteiger partial charge >= 0.3 is 0 Å². The first kappa shape index (κ1) is 15.9. The van der Waals surface area contributed by atoms with E-state index in [0.29, 0.717) is 0 Å². The summed E-state index contributed by atoms with van der Waals surface area (Å²) in [5.41, 5.74) is 7.35. The van der Waals surface area contributed by atoms with Crippen LogP contribution in [-0.4, -0.2) is 34.0 Å². The summed E-state index contributed by atoms with van der Waals surface area (Å²) in [6.45, 7) is 4.07. The van der Waals surface area contributed by atoms with E-state index < -0.39 is 10.0 Å². The molecule has 0 bridgehead atoms. The molecule has 1 atom stereocenters. The van der Waals surface area contributed by atoms with Crippen molar-refractivity contribution in [3.8, 4) is 0 Å². The van der Waals surface area contributed by atoms with Gasteiger partial charge in [0.15, 0.2) is 0 Å². The maximum Gasteiger partial charge on any atom is 0.240 e. The van der Waals surface area contributed by atoms with Crippen molar-refractivity contribution >= 4 is 21.6 Å². The third-order valence-corrected chi connectivity index (χ3v) is 5.22. The lowest BCUT2D eigenvalue weighted by atomic mass is 10.1. The fraction of sp³-hybridized carbons (Fsp3) is 0.500. The van der Waals surface area contributed by atoms with Crippen molar-refractivity contribution in [2.24, 2.45) is 11.7 Å². The fourth-order valence-electron chi connectivity index (χ4n) is 2.14. The third-order valence-electron chi connectivity index (χ3n) is 3.80. The number of hydrogen-bond acceptors (Lipinski definition) is 4. The lowest BCUT2D eigenvalue weighted by Crippen LogP contribution is -2.40. The van der Waals surface area contributed by atoms with Crippen LogP contribution in [0.25, 0.3) is 0 Å². The number of carbonyl (C=O) groups excluding carboxylic acids is 1. The minimum atomic E-state index is -3.61. The second-order valence-electron chi connectivity index (χ2n) is 5.68. The van der Waals surface area contributed by atoms with E-state index in [0.717, 1.165) is 11.3 Å². The molecule has 116 valence electrons. The topological polar surface area (TPSA) is 92.5 Å². The molecule has 3 N–H and O–H groups in total. The van der Waals surface area contributed by atoms with Crippen molar-refractivity contribution in [1.82, 2.24) is 4.72 Å². The summed E-state index contributed by atoms with van der Waals surface area (Å²) in [6.07, 6.45) is 0.237. The molecule has 21 heavy (non-hydrogen) atoms. The molecule has 0 spiro atoms. The van der Waals surface area contributed by atoms with E-state index in [2.05, 4.69) is 4.72 Å². The monoisotopic (exact) mass is 311 g/mol. The molecule has 0 aliphatic carbocycles. The quantitative estimate of drug-likeness (QED) is 0.826. The molecule has 0 aromatic heterocycles. The number of fused-ring (bicyclic) bond motifs is 1. The van der Waals surface area contributed by atoms with E-state index in [1.54, 1.807) is 19.2 Å². The zero-order chi connectivity index (χ0) is 15.8. The molecule has 2 rings (SSSR count). The molecule has 1 aromatic rings. The fourth-order valence-corrected chi connectivity index (χ4v) is 3.26. The van der Waals surface area contributed by atoms with Gasteiger partial charge in [0.05, 0.1) is 11.3 Å². The maximum atomic E-state index is 12.3. The molecule has 1 aliphatic rings. The Bertz CT molecular complexity index is 655. The number of nitrogens with zero attached hydrogens (tertiary/aromatic N) is 1. The molecule has 1 heterocycles. The Hall–Kier alpha value is -1.44. The number of carbonyl (C=O) groups is 1. The van der Waals surface area contributed by atoms with Gasteiger partial charge in [0.25, 0.3) is 0 Å². The smallest absolute Gasteiger partial charge is 0.240 e. The van der Waals surface area contributed by atoms with Crippen LogP contribution in [0, 0.1) is 5.92 Å². The van der Waals surface area contributed by atoms with Gasteiger partial charge in [-0.2, -0.15) is 0 Å². The van der Waals surface area contributed by atoms with Crippen molar-refractivity contribution in [3.63, 3.8) is 0 Å². The van der Waals surface area contributed by atoms with E-state index in [4.69, 9.17) is 5.73 Å². The van der Waals surface area contributed by atoms with Gasteiger partial charge in [-0.25, -0.2) is 13.1 Å². The van der Waals surface area contributed by atoms with Crippen LogP contribution in [0.15, 0.2) is 23.1 Å². The lowest BCUT2D eigenvalue weighted by Gasteiger charge is -2.16. The van der Waals surface area contributed by atoms with Crippen LogP contribution in [0.5, 0.6) is 0 Å². The molecule has 0 fully saturated rings. The molecule has 0 radical (unpaired) electrons. The highest BCUT2D eigenvalue weighted by molar-refractivity contribution is 7.89. The average Bonchev–Trinajstić information content (AvgIpc) is 2.71. The van der Waals surface area contributed by atoms with Crippen molar-refractivity contribution in [2.45, 2.75) is 31.2 Å². The van der Waals surface area contributed by atoms with Crippen LogP contribution in [-0.2, 0) is 21.2 Å². The number of amides is 1. The number of nitrogens with one attached hydrogen (secondary N) is 1. The number of sulfonamides is 1. The molecule has 0 saturated heterocycles. The van der Waals surface area contributed by atoms with Crippen LogP contribution < -0.4 is 15.4 Å². The molecular formula is C14H21N3O3S. The Morgan fingerprint density at radius 2 is 2.05 bits per heavy atom. The first-order valence-corrected chi connectivity index (χ1v) is 8.35. The highest BCUT2D eigenvalue weighted by Gasteiger charge is 2.26. The first-order chi connectivity index (χ1) is 9.72. The molecule has 6 nitrogen and oxygen atoms in total. The Kier molecular flexibility index (Phi) is 4.36. The van der Waals surface area contributed by atoms with Crippen molar-refractivity contribution in [3.05, 3.63) is 23.8 Å². The van der Waals surface area contributed by atoms with Crippen LogP contribution in [0.4, 0.5) is 5.69 Å². The summed E-state index contributed by atoms with van der Waals surface area (Å²) in [6, 6.07) is 4.50. The number of nitrogens with two attached hydrogens (primary N) is 1. The first-order valence-electron chi connectivity index (χ1n) is 6.87. The number of hydrogen-bond donors (Lipinski definition) is 2. The van der Waals surface area contributed by atoms with E-state index in [-0.39, 0.29) is 35.7 Å². The predicted octanol–water partition coefficient (Wildman–Crippen LogP) is 0.467. The lowest BCUT2D eigenvalue weighted by molar-refractivity contribution is -0.117. The molecule has 0 saturated carbocycles. The number of likely N-dealkylation sites (N-methyl/N-ethyl adjacent to an activating group) is 1. The summed E-state index contributed by atoms with van der Waals surface area (Å²) >= 11 is 0. The molecule has 1 aromatic carbocycles. The average molecular weight is 311 g/mol. The number of benzene rings is 1. The molecule has 1 amide bonds. The molecular weight excluding hydrogens is 290 g/mol. The molecule has 1 aliphatic heterocycles. The summed E-state index contributed by atoms with van der Waals surface area (Å²) in [5.74, 6) is 0.160. The Labute approximate surface area is 125 Å². The van der Waals surface area contributed by atoms with Gasteiger partial charge in [-0.15, -0.1) is 0 Å².